The van der Waals surface area contributed by atoms with E-state index in [4.69, 9.17) is 9.47 Å². The molecule has 0 unspecified atom stereocenters. The lowest BCUT2D eigenvalue weighted by atomic mass is 9.94. The number of urea groups is 1. The van der Waals surface area contributed by atoms with Crippen molar-refractivity contribution in [2.75, 3.05) is 25.0 Å². The van der Waals surface area contributed by atoms with Crippen LogP contribution in [0.25, 0.3) is 0 Å². The number of carbonyl (C=O) groups is 2. The summed E-state index contributed by atoms with van der Waals surface area (Å²) in [4.78, 5) is 39.4. The summed E-state index contributed by atoms with van der Waals surface area (Å²) in [6, 6.07) is 23.9. The van der Waals surface area contributed by atoms with Crippen LogP contribution in [0.5, 0.6) is 0 Å². The molecule has 2 N–H and O–H groups in total. The summed E-state index contributed by atoms with van der Waals surface area (Å²) in [6.45, 7) is 5.96. The number of hydrogen-bond acceptors (Lipinski definition) is 6. The number of aryl methyl sites for hydroxylation is 1. The molecule has 0 spiro atoms. The largest absolute Gasteiger partial charge is 0.478 e. The minimum absolute atomic E-state index is 0.0351. The number of carboxylic acids is 1. The lowest BCUT2D eigenvalue weighted by molar-refractivity contribution is -0.0523. The molecular weight excluding hydrogens is 570 g/mol. The molecular formula is C36H45N3O6. The van der Waals surface area contributed by atoms with Gasteiger partial charge in [-0.2, -0.15) is 4.99 Å². The highest BCUT2D eigenvalue weighted by molar-refractivity contribution is 5.91. The molecule has 2 atom stereocenters. The molecule has 0 heterocycles. The molecule has 0 saturated heterocycles. The Morgan fingerprint density at radius 3 is 2.29 bits per heavy atom. The van der Waals surface area contributed by atoms with Gasteiger partial charge in [-0.3, -0.25) is 0 Å². The lowest BCUT2D eigenvalue weighted by Gasteiger charge is -2.30. The first-order valence-corrected chi connectivity index (χ1v) is 15.7. The van der Waals surface area contributed by atoms with E-state index in [2.05, 4.69) is 17.2 Å². The molecule has 45 heavy (non-hydrogen) atoms. The first-order valence-electron chi connectivity index (χ1n) is 15.7. The number of rotatable bonds is 14. The molecule has 4 rings (SSSR count). The van der Waals surface area contributed by atoms with Crippen molar-refractivity contribution in [1.29, 1.82) is 0 Å². The van der Waals surface area contributed by atoms with Crippen LogP contribution in [0.4, 0.5) is 16.2 Å². The molecule has 1 fully saturated rings. The third-order valence-corrected chi connectivity index (χ3v) is 7.62. The second-order valence-electron chi connectivity index (χ2n) is 11.0. The Labute approximate surface area is 266 Å². The van der Waals surface area contributed by atoms with Gasteiger partial charge in [0.1, 0.15) is 0 Å². The van der Waals surface area contributed by atoms with E-state index < -0.39 is 5.97 Å². The topological polar surface area (TPSA) is 118 Å². The standard InChI is InChI=1S/C29H40N2O5.C7H5NO/c1-3-4-8-17-31(29(34)30-24-13-6-5-7-14-24)18-19-35-25-15-10-16-26(20-25)36-21-23-12-9-11-22(2)27(23)28(32)33;9-6-8-7-4-2-1-3-5-7/h5-7,9,11-14,25-26H,3-4,8,10,15-21H2,1-2H3,(H,30,34)(H,32,33);1-5H/t25-,26+;/m0./s1. The number of carbonyl (C=O) groups excluding carboxylic acids is 2. The van der Waals surface area contributed by atoms with Gasteiger partial charge in [0.05, 0.1) is 36.7 Å². The van der Waals surface area contributed by atoms with Crippen LogP contribution < -0.4 is 5.32 Å². The number of benzene rings is 3. The van der Waals surface area contributed by atoms with Crippen molar-refractivity contribution in [3.8, 4) is 0 Å². The van der Waals surface area contributed by atoms with E-state index in [1.165, 1.54) is 6.08 Å². The first kappa shape index (κ1) is 35.2. The molecule has 240 valence electrons. The van der Waals surface area contributed by atoms with E-state index in [1.54, 1.807) is 12.1 Å². The molecule has 9 heteroatoms. The first-order chi connectivity index (χ1) is 21.9. The van der Waals surface area contributed by atoms with Gasteiger partial charge in [-0.05, 0) is 74.4 Å². The van der Waals surface area contributed by atoms with Crippen LogP contribution in [0.1, 0.15) is 73.4 Å². The maximum absolute atomic E-state index is 12.9. The van der Waals surface area contributed by atoms with E-state index >= 15 is 0 Å². The molecule has 0 bridgehead atoms. The number of nitrogens with zero attached hydrogens (tertiary/aromatic N) is 2. The average molecular weight is 616 g/mol. The van der Waals surface area contributed by atoms with Crippen molar-refractivity contribution in [3.63, 3.8) is 0 Å². The normalized spacial score (nSPS) is 15.6. The molecule has 9 nitrogen and oxygen atoms in total. The van der Waals surface area contributed by atoms with Gasteiger partial charge in [-0.1, -0.05) is 74.4 Å². The molecule has 3 aromatic rings. The molecule has 1 saturated carbocycles. The molecule has 1 aliphatic carbocycles. The molecule has 0 aliphatic heterocycles. The highest BCUT2D eigenvalue weighted by atomic mass is 16.5. The fourth-order valence-electron chi connectivity index (χ4n) is 5.24. The Morgan fingerprint density at radius 2 is 1.62 bits per heavy atom. The Hall–Kier alpha value is -4.30. The van der Waals surface area contributed by atoms with Gasteiger partial charge in [0.2, 0.25) is 6.08 Å². The Bertz CT molecular complexity index is 1360. The zero-order valence-electron chi connectivity index (χ0n) is 26.3. The number of carboxylic acid groups (broad SMARTS) is 1. The summed E-state index contributed by atoms with van der Waals surface area (Å²) >= 11 is 0. The number of unbranched alkanes of at least 4 members (excludes halogenated alkanes) is 2. The Balaban J connectivity index is 0.000000525. The van der Waals surface area contributed by atoms with Gasteiger partial charge in [0.25, 0.3) is 0 Å². The number of aliphatic imine (C=N–C) groups is 1. The highest BCUT2D eigenvalue weighted by Crippen LogP contribution is 2.25. The van der Waals surface area contributed by atoms with Crippen LogP contribution in [0, 0.1) is 6.92 Å². The number of ether oxygens (including phenoxy) is 2. The van der Waals surface area contributed by atoms with Crippen molar-refractivity contribution in [1.82, 2.24) is 4.90 Å². The Morgan fingerprint density at radius 1 is 0.933 bits per heavy atom. The highest BCUT2D eigenvalue weighted by Gasteiger charge is 2.24. The van der Waals surface area contributed by atoms with Crippen molar-refractivity contribution in [3.05, 3.63) is 95.6 Å². The average Bonchev–Trinajstić information content (AvgIpc) is 3.04. The molecule has 3 aromatic carbocycles. The van der Waals surface area contributed by atoms with Gasteiger partial charge in [0, 0.05) is 18.8 Å². The van der Waals surface area contributed by atoms with Crippen LogP contribution in [0.3, 0.4) is 0 Å². The number of nitrogens with one attached hydrogen (secondary N) is 1. The number of para-hydroxylation sites is 2. The maximum atomic E-state index is 12.9. The summed E-state index contributed by atoms with van der Waals surface area (Å²) < 4.78 is 12.3. The number of anilines is 1. The van der Waals surface area contributed by atoms with E-state index in [9.17, 15) is 19.5 Å². The van der Waals surface area contributed by atoms with E-state index in [-0.39, 0.29) is 24.8 Å². The zero-order valence-corrected chi connectivity index (χ0v) is 26.3. The quantitative estimate of drug-likeness (QED) is 0.108. The maximum Gasteiger partial charge on any atom is 0.336 e. The van der Waals surface area contributed by atoms with Gasteiger partial charge < -0.3 is 24.8 Å². The SMILES string of the molecule is CCCCCN(CCO[C@H]1CCC[C@@H](OCc2cccc(C)c2C(=O)O)C1)C(=O)Nc1ccccc1.O=C=Nc1ccccc1. The smallest absolute Gasteiger partial charge is 0.336 e. The molecule has 0 radical (unpaired) electrons. The van der Waals surface area contributed by atoms with Gasteiger partial charge in [0.15, 0.2) is 0 Å². The zero-order chi connectivity index (χ0) is 32.3. The molecule has 1 aliphatic rings. The van der Waals surface area contributed by atoms with E-state index in [0.717, 1.165) is 56.2 Å². The number of amides is 2. The number of isocyanates is 1. The van der Waals surface area contributed by atoms with Crippen LogP contribution in [-0.2, 0) is 20.9 Å². The van der Waals surface area contributed by atoms with Crippen LogP contribution in [0.2, 0.25) is 0 Å². The molecule has 0 aromatic heterocycles. The summed E-state index contributed by atoms with van der Waals surface area (Å²) in [6.07, 6.45) is 8.42. The monoisotopic (exact) mass is 615 g/mol. The third-order valence-electron chi connectivity index (χ3n) is 7.62. The van der Waals surface area contributed by atoms with Crippen molar-refractivity contribution >= 4 is 29.5 Å². The number of aromatic carboxylic acids is 1. The predicted molar refractivity (Wildman–Crippen MR) is 176 cm³/mol. The van der Waals surface area contributed by atoms with Gasteiger partial charge >= 0.3 is 12.0 Å². The van der Waals surface area contributed by atoms with Crippen molar-refractivity contribution < 1.29 is 29.0 Å². The predicted octanol–water partition coefficient (Wildman–Crippen LogP) is 7.92. The van der Waals surface area contributed by atoms with Crippen LogP contribution >= 0.6 is 0 Å². The van der Waals surface area contributed by atoms with Crippen molar-refractivity contribution in [2.24, 2.45) is 4.99 Å². The van der Waals surface area contributed by atoms with Crippen molar-refractivity contribution in [2.45, 2.75) is 77.6 Å². The summed E-state index contributed by atoms with van der Waals surface area (Å²) in [5.74, 6) is -0.920. The summed E-state index contributed by atoms with van der Waals surface area (Å²) in [5, 5.41) is 12.5. The fraction of sp³-hybridized carbons (Fsp3) is 0.417. The second kappa shape index (κ2) is 19.9. The Kier molecular flexibility index (Phi) is 15.5. The number of hydrogen-bond donors (Lipinski definition) is 2. The summed E-state index contributed by atoms with van der Waals surface area (Å²) in [5.41, 5.74) is 3.22. The summed E-state index contributed by atoms with van der Waals surface area (Å²) in [7, 11) is 0. The fourth-order valence-corrected chi connectivity index (χ4v) is 5.24. The lowest BCUT2D eigenvalue weighted by Crippen LogP contribution is -2.39. The van der Waals surface area contributed by atoms with Crippen LogP contribution in [0.15, 0.2) is 83.9 Å². The van der Waals surface area contributed by atoms with Crippen LogP contribution in [-0.4, -0.2) is 60.0 Å². The van der Waals surface area contributed by atoms with Gasteiger partial charge in [-0.15, -0.1) is 0 Å². The van der Waals surface area contributed by atoms with E-state index in [1.807, 2.05) is 78.6 Å². The minimum atomic E-state index is -0.920. The minimum Gasteiger partial charge on any atom is -0.478 e. The van der Waals surface area contributed by atoms with Gasteiger partial charge in [-0.25, -0.2) is 14.4 Å². The molecule has 2 amide bonds. The third kappa shape index (κ3) is 12.7. The second-order valence-corrected chi connectivity index (χ2v) is 11.0. The van der Waals surface area contributed by atoms with E-state index in [0.29, 0.717) is 36.5 Å².